The van der Waals surface area contributed by atoms with E-state index in [4.69, 9.17) is 9.05 Å². The summed E-state index contributed by atoms with van der Waals surface area (Å²) in [5.74, 6) is 0.242. The summed E-state index contributed by atoms with van der Waals surface area (Å²) in [6.07, 6.45) is 4.99. The molecule has 0 amide bonds. The zero-order valence-corrected chi connectivity index (χ0v) is 15.7. The van der Waals surface area contributed by atoms with Gasteiger partial charge in [0.15, 0.2) is 5.78 Å². The van der Waals surface area contributed by atoms with Crippen molar-refractivity contribution in [3.05, 3.63) is 103 Å². The predicted molar refractivity (Wildman–Crippen MR) is 107 cm³/mol. The molecule has 3 aromatic rings. The summed E-state index contributed by atoms with van der Waals surface area (Å²) in [7, 11) is -3.71. The van der Waals surface area contributed by atoms with Crippen LogP contribution in [0.2, 0.25) is 0 Å². The van der Waals surface area contributed by atoms with Crippen molar-refractivity contribution in [2.75, 3.05) is 6.54 Å². The van der Waals surface area contributed by atoms with Crippen molar-refractivity contribution < 1.29 is 13.6 Å². The number of hydrogen-bond donors (Lipinski definition) is 1. The Bertz CT molecular complexity index is 844. The minimum atomic E-state index is -3.71. The summed E-state index contributed by atoms with van der Waals surface area (Å²) >= 11 is 0. The average molecular weight is 380 g/mol. The van der Waals surface area contributed by atoms with Crippen molar-refractivity contribution in [1.82, 2.24) is 10.3 Å². The van der Waals surface area contributed by atoms with Gasteiger partial charge in [0.25, 0.3) is 0 Å². The topological polar surface area (TPSA) is 60.5 Å². The first-order valence-corrected chi connectivity index (χ1v) is 10.2. The third kappa shape index (κ3) is 5.07. The molecule has 5 nitrogen and oxygen atoms in total. The lowest BCUT2D eigenvalue weighted by Crippen LogP contribution is -2.25. The molecule has 6 heteroatoms. The predicted octanol–water partition coefficient (Wildman–Crippen LogP) is 5.21. The van der Waals surface area contributed by atoms with Gasteiger partial charge < -0.3 is 9.05 Å². The van der Waals surface area contributed by atoms with E-state index in [0.29, 0.717) is 18.0 Å². The molecule has 1 aromatic heterocycles. The van der Waals surface area contributed by atoms with Gasteiger partial charge in [-0.25, -0.2) is 4.57 Å². The Kier molecular flexibility index (Phi) is 6.42. The molecule has 1 atom stereocenters. The molecule has 3 rings (SSSR count). The van der Waals surface area contributed by atoms with Crippen LogP contribution in [0.3, 0.4) is 0 Å². The Balaban J connectivity index is 2.01. The Morgan fingerprint density at radius 1 is 0.926 bits per heavy atom. The molecule has 0 radical (unpaired) electrons. The molecular formula is C21H21N2O3P. The van der Waals surface area contributed by atoms with Crippen LogP contribution in [0.5, 0.6) is 11.5 Å². The van der Waals surface area contributed by atoms with Crippen molar-refractivity contribution in [2.45, 2.75) is 5.78 Å². The summed E-state index contributed by atoms with van der Waals surface area (Å²) < 4.78 is 25.9. The van der Waals surface area contributed by atoms with Gasteiger partial charge in [-0.15, -0.1) is 6.58 Å². The molecule has 2 aromatic carbocycles. The maximum atomic E-state index is 14.0. The number of nitrogens with zero attached hydrogens (tertiary/aromatic N) is 1. The van der Waals surface area contributed by atoms with Crippen LogP contribution in [0.25, 0.3) is 0 Å². The second-order valence-corrected chi connectivity index (χ2v) is 7.69. The molecule has 1 N–H and O–H groups in total. The molecule has 0 saturated carbocycles. The van der Waals surface area contributed by atoms with E-state index in [1.807, 2.05) is 36.4 Å². The van der Waals surface area contributed by atoms with Gasteiger partial charge in [-0.05, 0) is 42.0 Å². The first kappa shape index (κ1) is 18.9. The summed E-state index contributed by atoms with van der Waals surface area (Å²) in [5, 5.41) is 3.21. The van der Waals surface area contributed by atoms with Crippen molar-refractivity contribution in [3.63, 3.8) is 0 Å². The smallest absolute Gasteiger partial charge is 0.415 e. The van der Waals surface area contributed by atoms with Crippen LogP contribution in [0.15, 0.2) is 97.8 Å². The number of rotatable bonds is 9. The molecule has 0 aliphatic heterocycles. The van der Waals surface area contributed by atoms with Crippen molar-refractivity contribution in [2.24, 2.45) is 0 Å². The SMILES string of the molecule is C=CCNC(c1ccncc1)P(=O)(Oc1ccccc1)Oc1ccccc1. The zero-order chi connectivity index (χ0) is 19.0. The van der Waals surface area contributed by atoms with E-state index in [1.165, 1.54) is 0 Å². The van der Waals surface area contributed by atoms with E-state index in [-0.39, 0.29) is 0 Å². The Hall–Kier alpha value is -2.88. The number of para-hydroxylation sites is 2. The highest BCUT2D eigenvalue weighted by molar-refractivity contribution is 7.55. The van der Waals surface area contributed by atoms with Crippen molar-refractivity contribution >= 4 is 7.60 Å². The van der Waals surface area contributed by atoms with E-state index in [1.54, 1.807) is 54.9 Å². The van der Waals surface area contributed by atoms with Gasteiger partial charge in [0.05, 0.1) is 0 Å². The summed E-state index contributed by atoms with van der Waals surface area (Å²) in [6, 6.07) is 21.6. The monoisotopic (exact) mass is 380 g/mol. The molecule has 0 saturated heterocycles. The van der Waals surface area contributed by atoms with Gasteiger partial charge in [0.2, 0.25) is 0 Å². The highest BCUT2D eigenvalue weighted by Crippen LogP contribution is 2.58. The second-order valence-electron chi connectivity index (χ2n) is 5.73. The van der Waals surface area contributed by atoms with Crippen molar-refractivity contribution in [3.8, 4) is 11.5 Å². The summed E-state index contributed by atoms with van der Waals surface area (Å²) in [6.45, 7) is 4.17. The van der Waals surface area contributed by atoms with Crippen LogP contribution in [0, 0.1) is 0 Å². The van der Waals surface area contributed by atoms with E-state index < -0.39 is 13.4 Å². The van der Waals surface area contributed by atoms with Crippen LogP contribution in [-0.4, -0.2) is 11.5 Å². The molecule has 0 aliphatic carbocycles. The summed E-state index contributed by atoms with van der Waals surface area (Å²) in [5.41, 5.74) is 0.752. The number of pyridine rings is 1. The van der Waals surface area contributed by atoms with Gasteiger partial charge >= 0.3 is 7.60 Å². The Morgan fingerprint density at radius 2 is 1.44 bits per heavy atom. The number of benzene rings is 2. The molecule has 0 fully saturated rings. The third-order valence-corrected chi connectivity index (χ3v) is 5.79. The largest absolute Gasteiger partial charge is 0.452 e. The lowest BCUT2D eigenvalue weighted by molar-refractivity contribution is 0.363. The van der Waals surface area contributed by atoms with E-state index in [0.717, 1.165) is 5.56 Å². The van der Waals surface area contributed by atoms with Crippen LogP contribution in [0.4, 0.5) is 0 Å². The first-order chi connectivity index (χ1) is 13.2. The number of nitrogens with one attached hydrogen (secondary N) is 1. The molecule has 1 heterocycles. The number of aromatic nitrogens is 1. The zero-order valence-electron chi connectivity index (χ0n) is 14.8. The van der Waals surface area contributed by atoms with Gasteiger partial charge in [0, 0.05) is 18.9 Å². The molecule has 0 bridgehead atoms. The van der Waals surface area contributed by atoms with E-state index in [9.17, 15) is 4.57 Å². The molecule has 0 spiro atoms. The maximum absolute atomic E-state index is 14.0. The minimum absolute atomic E-state index is 0.438. The van der Waals surface area contributed by atoms with E-state index in [2.05, 4.69) is 16.9 Å². The minimum Gasteiger partial charge on any atom is -0.415 e. The second kappa shape index (κ2) is 9.17. The van der Waals surface area contributed by atoms with Crippen LogP contribution >= 0.6 is 7.60 Å². The standard InChI is InChI=1S/C21H21N2O3P/c1-2-15-23-21(18-13-16-22-17-14-18)27(24,25-19-9-5-3-6-10-19)26-20-11-7-4-8-12-20/h2-14,16-17,21,23H,1,15H2. The molecule has 1 unspecified atom stereocenters. The van der Waals surface area contributed by atoms with Crippen LogP contribution < -0.4 is 14.4 Å². The van der Waals surface area contributed by atoms with Gasteiger partial charge in [0.1, 0.15) is 11.5 Å². The van der Waals surface area contributed by atoms with Crippen LogP contribution in [0.1, 0.15) is 11.3 Å². The quantitative estimate of drug-likeness (QED) is 0.408. The van der Waals surface area contributed by atoms with Gasteiger partial charge in [-0.2, -0.15) is 0 Å². The molecule has 138 valence electrons. The lowest BCUT2D eigenvalue weighted by atomic mass is 10.2. The highest BCUT2D eigenvalue weighted by Gasteiger charge is 2.40. The maximum Gasteiger partial charge on any atom is 0.452 e. The highest BCUT2D eigenvalue weighted by atomic mass is 31.2. The first-order valence-electron chi connectivity index (χ1n) is 8.54. The fourth-order valence-electron chi connectivity index (χ4n) is 2.53. The summed E-state index contributed by atoms with van der Waals surface area (Å²) in [4.78, 5) is 4.04. The number of hydrogen-bond acceptors (Lipinski definition) is 5. The van der Waals surface area contributed by atoms with Gasteiger partial charge in [-0.3, -0.25) is 10.3 Å². The van der Waals surface area contributed by atoms with Crippen molar-refractivity contribution in [1.29, 1.82) is 0 Å². The Labute approximate surface area is 159 Å². The fourth-order valence-corrected chi connectivity index (χ4v) is 4.48. The molecule has 27 heavy (non-hydrogen) atoms. The fraction of sp³-hybridized carbons (Fsp3) is 0.0952. The molecular weight excluding hydrogens is 359 g/mol. The van der Waals surface area contributed by atoms with Crippen LogP contribution in [-0.2, 0) is 4.57 Å². The molecule has 0 aliphatic rings. The Morgan fingerprint density at radius 3 is 1.93 bits per heavy atom. The lowest BCUT2D eigenvalue weighted by Gasteiger charge is -2.28. The average Bonchev–Trinajstić information content (AvgIpc) is 2.70. The van der Waals surface area contributed by atoms with Gasteiger partial charge in [-0.1, -0.05) is 42.5 Å². The third-order valence-electron chi connectivity index (χ3n) is 3.75. The normalized spacial score (nSPS) is 12.1. The van der Waals surface area contributed by atoms with E-state index >= 15 is 0 Å².